The quantitative estimate of drug-likeness (QED) is 0.783. The van der Waals surface area contributed by atoms with Gasteiger partial charge in [-0.1, -0.05) is 6.07 Å². The number of methoxy groups -OCH3 is 1. The minimum absolute atomic E-state index is 0.250. The van der Waals surface area contributed by atoms with Crippen LogP contribution in [0.4, 0.5) is 4.39 Å². The van der Waals surface area contributed by atoms with E-state index in [1.165, 1.54) is 7.11 Å². The predicted molar refractivity (Wildman–Crippen MR) is 61.1 cm³/mol. The van der Waals surface area contributed by atoms with Gasteiger partial charge in [0.15, 0.2) is 0 Å². The van der Waals surface area contributed by atoms with Gasteiger partial charge in [-0.2, -0.15) is 0 Å². The van der Waals surface area contributed by atoms with E-state index in [1.54, 1.807) is 18.2 Å². The van der Waals surface area contributed by atoms with Gasteiger partial charge in [0, 0.05) is 6.42 Å². The van der Waals surface area contributed by atoms with Gasteiger partial charge in [0.25, 0.3) is 0 Å². The van der Waals surface area contributed by atoms with Gasteiger partial charge in [0.1, 0.15) is 5.75 Å². The summed E-state index contributed by atoms with van der Waals surface area (Å²) in [6, 6.07) is 5.25. The first-order valence-corrected chi connectivity index (χ1v) is 5.50. The molecule has 0 heterocycles. The molecule has 0 spiro atoms. The summed E-state index contributed by atoms with van der Waals surface area (Å²) >= 11 is 3.26. The van der Waals surface area contributed by atoms with E-state index >= 15 is 0 Å². The van der Waals surface area contributed by atoms with Gasteiger partial charge in [-0.05, 0) is 40.0 Å². The number of carbonyl (C=O) groups excluding carboxylic acids is 1. The van der Waals surface area contributed by atoms with Crippen molar-refractivity contribution in [1.29, 1.82) is 0 Å². The zero-order chi connectivity index (χ0) is 12.0. The summed E-state index contributed by atoms with van der Waals surface area (Å²) in [4.78, 5) is 10.9. The Hall–Kier alpha value is -1.10. The van der Waals surface area contributed by atoms with E-state index < -0.39 is 6.86 Å². The molecule has 0 saturated heterocycles. The zero-order valence-electron chi connectivity index (χ0n) is 8.83. The van der Waals surface area contributed by atoms with Crippen molar-refractivity contribution in [3.63, 3.8) is 0 Å². The summed E-state index contributed by atoms with van der Waals surface area (Å²) in [6.45, 7) is -0.861. The molecule has 3 nitrogen and oxygen atoms in total. The van der Waals surface area contributed by atoms with Crippen molar-refractivity contribution in [1.82, 2.24) is 0 Å². The van der Waals surface area contributed by atoms with Crippen LogP contribution < -0.4 is 4.74 Å². The minimum Gasteiger partial charge on any atom is -0.469 e. The first kappa shape index (κ1) is 13.0. The normalized spacial score (nSPS) is 9.94. The van der Waals surface area contributed by atoms with Crippen LogP contribution in [0.5, 0.6) is 5.75 Å². The largest absolute Gasteiger partial charge is 0.469 e. The van der Waals surface area contributed by atoms with E-state index in [0.29, 0.717) is 23.1 Å². The number of hydrogen-bond acceptors (Lipinski definition) is 3. The lowest BCUT2D eigenvalue weighted by Crippen LogP contribution is -2.02. The SMILES string of the molecule is COC(=O)CCc1ccc(OCF)c(Br)c1. The number of carbonyl (C=O) groups is 1. The van der Waals surface area contributed by atoms with E-state index in [4.69, 9.17) is 4.74 Å². The molecule has 16 heavy (non-hydrogen) atoms. The number of hydrogen-bond donors (Lipinski definition) is 0. The molecule has 1 aromatic carbocycles. The molecule has 5 heteroatoms. The Morgan fingerprint density at radius 3 is 2.81 bits per heavy atom. The Labute approximate surface area is 102 Å². The third kappa shape index (κ3) is 3.81. The molecule has 1 rings (SSSR count). The summed E-state index contributed by atoms with van der Waals surface area (Å²) in [5.41, 5.74) is 0.962. The molecule has 88 valence electrons. The predicted octanol–water partition coefficient (Wildman–Crippen LogP) is 2.86. The highest BCUT2D eigenvalue weighted by Gasteiger charge is 2.05. The first-order valence-electron chi connectivity index (χ1n) is 4.71. The lowest BCUT2D eigenvalue weighted by atomic mass is 10.1. The number of halogens is 2. The Balaban J connectivity index is 2.62. The second-order valence-corrected chi connectivity index (χ2v) is 3.95. The van der Waals surface area contributed by atoms with Crippen molar-refractivity contribution >= 4 is 21.9 Å². The van der Waals surface area contributed by atoms with E-state index in [2.05, 4.69) is 20.7 Å². The fourth-order valence-electron chi connectivity index (χ4n) is 1.22. The van der Waals surface area contributed by atoms with Gasteiger partial charge in [-0.15, -0.1) is 0 Å². The summed E-state index contributed by atoms with van der Waals surface area (Å²) in [5.74, 6) is 0.199. The lowest BCUT2D eigenvalue weighted by Gasteiger charge is -2.06. The third-order valence-corrected chi connectivity index (χ3v) is 2.67. The monoisotopic (exact) mass is 290 g/mol. The van der Waals surface area contributed by atoms with Crippen LogP contribution in [0.3, 0.4) is 0 Å². The van der Waals surface area contributed by atoms with Gasteiger partial charge in [-0.3, -0.25) is 4.79 Å². The molecule has 0 amide bonds. The lowest BCUT2D eigenvalue weighted by molar-refractivity contribution is -0.140. The number of aryl methyl sites for hydroxylation is 1. The Kier molecular flexibility index (Phi) is 5.25. The molecule has 0 radical (unpaired) electrons. The molecule has 0 N–H and O–H groups in total. The summed E-state index contributed by atoms with van der Waals surface area (Å²) in [7, 11) is 1.36. The highest BCUT2D eigenvalue weighted by molar-refractivity contribution is 9.10. The smallest absolute Gasteiger partial charge is 0.305 e. The van der Waals surface area contributed by atoms with Gasteiger partial charge in [-0.25, -0.2) is 4.39 Å². The minimum atomic E-state index is -0.861. The fourth-order valence-corrected chi connectivity index (χ4v) is 1.76. The van der Waals surface area contributed by atoms with Crippen LogP contribution >= 0.6 is 15.9 Å². The molecule has 1 aromatic rings. The molecular formula is C11H12BrFO3. The molecule has 0 fully saturated rings. The second kappa shape index (κ2) is 6.48. The van der Waals surface area contributed by atoms with Crippen LogP contribution in [0.15, 0.2) is 22.7 Å². The highest BCUT2D eigenvalue weighted by Crippen LogP contribution is 2.26. The molecule has 0 aromatic heterocycles. The average Bonchev–Trinajstić information content (AvgIpc) is 2.29. The van der Waals surface area contributed by atoms with Crippen molar-refractivity contribution < 1.29 is 18.7 Å². The molecule has 0 saturated carbocycles. The second-order valence-electron chi connectivity index (χ2n) is 3.09. The number of ether oxygens (including phenoxy) is 2. The number of rotatable bonds is 5. The van der Waals surface area contributed by atoms with Crippen LogP contribution in [0.2, 0.25) is 0 Å². The first-order chi connectivity index (χ1) is 7.67. The summed E-state index contributed by atoms with van der Waals surface area (Å²) in [6.07, 6.45) is 0.910. The highest BCUT2D eigenvalue weighted by atomic mass is 79.9. The zero-order valence-corrected chi connectivity index (χ0v) is 10.4. The Morgan fingerprint density at radius 1 is 1.50 bits per heavy atom. The van der Waals surface area contributed by atoms with Crippen molar-refractivity contribution in [3.05, 3.63) is 28.2 Å². The van der Waals surface area contributed by atoms with Gasteiger partial charge in [0.05, 0.1) is 11.6 Å². The van der Waals surface area contributed by atoms with Crippen molar-refractivity contribution in [2.45, 2.75) is 12.8 Å². The van der Waals surface area contributed by atoms with Crippen molar-refractivity contribution in [2.75, 3.05) is 14.0 Å². The maximum atomic E-state index is 12.0. The van der Waals surface area contributed by atoms with E-state index in [0.717, 1.165) is 5.56 Å². The van der Waals surface area contributed by atoms with Crippen molar-refractivity contribution in [2.24, 2.45) is 0 Å². The Bertz CT molecular complexity index is 368. The molecule has 0 aliphatic rings. The average molecular weight is 291 g/mol. The number of alkyl halides is 1. The van der Waals surface area contributed by atoms with Gasteiger partial charge in [0.2, 0.25) is 6.86 Å². The van der Waals surface area contributed by atoms with Crippen LogP contribution in [0.25, 0.3) is 0 Å². The van der Waals surface area contributed by atoms with Crippen LogP contribution in [0.1, 0.15) is 12.0 Å². The molecular weight excluding hydrogens is 279 g/mol. The maximum Gasteiger partial charge on any atom is 0.305 e. The van der Waals surface area contributed by atoms with E-state index in [1.807, 2.05) is 0 Å². The van der Waals surface area contributed by atoms with Gasteiger partial charge >= 0.3 is 5.97 Å². The van der Waals surface area contributed by atoms with Crippen LogP contribution in [0, 0.1) is 0 Å². The van der Waals surface area contributed by atoms with E-state index in [-0.39, 0.29) is 5.97 Å². The molecule has 0 aliphatic heterocycles. The Morgan fingerprint density at radius 2 is 2.25 bits per heavy atom. The summed E-state index contributed by atoms with van der Waals surface area (Å²) in [5, 5.41) is 0. The van der Waals surface area contributed by atoms with Gasteiger partial charge < -0.3 is 9.47 Å². The fraction of sp³-hybridized carbons (Fsp3) is 0.364. The molecule has 0 atom stereocenters. The number of esters is 1. The molecule has 0 aliphatic carbocycles. The van der Waals surface area contributed by atoms with E-state index in [9.17, 15) is 9.18 Å². The summed E-state index contributed by atoms with van der Waals surface area (Å²) < 4.78 is 21.9. The van der Waals surface area contributed by atoms with Crippen LogP contribution in [-0.2, 0) is 16.0 Å². The standard InChI is InChI=1S/C11H12BrFO3/c1-15-11(14)5-3-8-2-4-10(16-7-13)9(12)6-8/h2,4,6H,3,5,7H2,1H3. The number of benzene rings is 1. The molecule has 0 unspecified atom stereocenters. The topological polar surface area (TPSA) is 35.5 Å². The van der Waals surface area contributed by atoms with Crippen molar-refractivity contribution in [3.8, 4) is 5.75 Å². The third-order valence-electron chi connectivity index (χ3n) is 2.05. The maximum absolute atomic E-state index is 12.0. The molecule has 0 bridgehead atoms. The van der Waals surface area contributed by atoms with Crippen LogP contribution in [-0.4, -0.2) is 19.9 Å².